The van der Waals surface area contributed by atoms with E-state index in [1.165, 1.54) is 0 Å². The second-order valence-electron chi connectivity index (χ2n) is 5.65. The predicted molar refractivity (Wildman–Crippen MR) is 96.5 cm³/mol. The average molecular weight is 342 g/mol. The van der Waals surface area contributed by atoms with Crippen molar-refractivity contribution in [2.75, 3.05) is 36.5 Å². The highest BCUT2D eigenvalue weighted by Gasteiger charge is 2.15. The number of nitrogens with zero attached hydrogens (tertiary/aromatic N) is 5. The third-order valence-electron chi connectivity index (χ3n) is 3.91. The summed E-state index contributed by atoms with van der Waals surface area (Å²) in [7, 11) is 1.82. The lowest BCUT2D eigenvalue weighted by Crippen LogP contribution is -2.31. The zero-order valence-corrected chi connectivity index (χ0v) is 14.1. The van der Waals surface area contributed by atoms with Gasteiger partial charge >= 0.3 is 0 Å². The van der Waals surface area contributed by atoms with Crippen LogP contribution < -0.4 is 10.2 Å². The van der Waals surface area contributed by atoms with Gasteiger partial charge in [-0.3, -0.25) is 4.68 Å². The third kappa shape index (κ3) is 3.86. The van der Waals surface area contributed by atoms with Crippen molar-refractivity contribution in [3.63, 3.8) is 0 Å². The number of fused-ring (bicyclic) bond motifs is 1. The molecule has 3 rings (SSSR count). The summed E-state index contributed by atoms with van der Waals surface area (Å²) in [5.74, 6) is 1.13. The summed E-state index contributed by atoms with van der Waals surface area (Å²) < 4.78 is 1.68. The summed E-state index contributed by atoms with van der Waals surface area (Å²) in [6, 6.07) is 10.0. The van der Waals surface area contributed by atoms with Crippen LogP contribution in [0.3, 0.4) is 0 Å². The monoisotopic (exact) mass is 342 g/mol. The van der Waals surface area contributed by atoms with Crippen LogP contribution in [-0.4, -0.2) is 56.3 Å². The Morgan fingerprint density at radius 3 is 2.48 bits per heavy atom. The molecule has 0 aliphatic carbocycles. The minimum absolute atomic E-state index is 0.0421. The number of rotatable bonds is 8. The standard InChI is InChI=1S/C17H22N6O2/c1-22-16-14(12-19-22)15(18-11-13-5-3-2-4-6-13)20-17(21-16)23(7-9-24)8-10-25/h2-6,12,24-25H,7-11H2,1H3,(H,18,20,21). The number of aryl methyl sites for hydroxylation is 1. The Kier molecular flexibility index (Phi) is 5.42. The number of hydrogen-bond donors (Lipinski definition) is 3. The van der Waals surface area contributed by atoms with Gasteiger partial charge < -0.3 is 20.4 Å². The molecule has 0 bridgehead atoms. The van der Waals surface area contributed by atoms with Crippen molar-refractivity contribution in [1.82, 2.24) is 19.7 Å². The number of hydrogen-bond acceptors (Lipinski definition) is 7. The molecule has 132 valence electrons. The molecule has 3 N–H and O–H groups in total. The molecule has 0 saturated carbocycles. The summed E-state index contributed by atoms with van der Waals surface area (Å²) in [5.41, 5.74) is 1.84. The fourth-order valence-electron chi connectivity index (χ4n) is 2.62. The number of aromatic nitrogens is 4. The first kappa shape index (κ1) is 17.1. The molecule has 1 aromatic carbocycles. The van der Waals surface area contributed by atoms with E-state index in [9.17, 15) is 10.2 Å². The molecular formula is C17H22N6O2. The van der Waals surface area contributed by atoms with Gasteiger partial charge in [0, 0.05) is 26.7 Å². The Morgan fingerprint density at radius 2 is 1.80 bits per heavy atom. The quantitative estimate of drug-likeness (QED) is 0.556. The second-order valence-corrected chi connectivity index (χ2v) is 5.65. The van der Waals surface area contributed by atoms with Gasteiger partial charge in [0.2, 0.25) is 5.95 Å². The lowest BCUT2D eigenvalue weighted by atomic mass is 10.2. The molecule has 0 aliphatic heterocycles. The molecule has 0 saturated heterocycles. The zero-order valence-electron chi connectivity index (χ0n) is 14.1. The first-order valence-corrected chi connectivity index (χ1v) is 8.17. The normalized spacial score (nSPS) is 11.0. The lowest BCUT2D eigenvalue weighted by Gasteiger charge is -2.21. The minimum Gasteiger partial charge on any atom is -0.395 e. The van der Waals surface area contributed by atoms with E-state index in [-0.39, 0.29) is 13.2 Å². The molecule has 2 heterocycles. The minimum atomic E-state index is -0.0421. The summed E-state index contributed by atoms with van der Waals surface area (Å²) in [6.07, 6.45) is 1.73. The number of benzene rings is 1. The Hall–Kier alpha value is -2.71. The van der Waals surface area contributed by atoms with Crippen LogP contribution in [0.2, 0.25) is 0 Å². The van der Waals surface area contributed by atoms with Crippen LogP contribution in [0.5, 0.6) is 0 Å². The molecule has 0 atom stereocenters. The first-order chi connectivity index (χ1) is 12.2. The molecule has 0 unspecified atom stereocenters. The summed E-state index contributed by atoms with van der Waals surface area (Å²) >= 11 is 0. The molecule has 0 radical (unpaired) electrons. The number of aliphatic hydroxyl groups excluding tert-OH is 2. The highest BCUT2D eigenvalue weighted by molar-refractivity contribution is 5.87. The molecule has 0 spiro atoms. The molecule has 8 nitrogen and oxygen atoms in total. The van der Waals surface area contributed by atoms with Gasteiger partial charge in [0.25, 0.3) is 0 Å². The Balaban J connectivity index is 1.95. The molecular weight excluding hydrogens is 320 g/mol. The van der Waals surface area contributed by atoms with Crippen molar-refractivity contribution < 1.29 is 10.2 Å². The molecule has 3 aromatic rings. The molecule has 0 aliphatic rings. The van der Waals surface area contributed by atoms with Gasteiger partial charge in [-0.2, -0.15) is 15.1 Å². The third-order valence-corrected chi connectivity index (χ3v) is 3.91. The zero-order chi connectivity index (χ0) is 17.6. The van der Waals surface area contributed by atoms with Crippen LogP contribution >= 0.6 is 0 Å². The summed E-state index contributed by atoms with van der Waals surface area (Å²) in [6.45, 7) is 1.24. The van der Waals surface area contributed by atoms with Gasteiger partial charge in [-0.25, -0.2) is 0 Å². The molecule has 2 aromatic heterocycles. The smallest absolute Gasteiger partial charge is 0.229 e. The lowest BCUT2D eigenvalue weighted by molar-refractivity contribution is 0.280. The predicted octanol–water partition coefficient (Wildman–Crippen LogP) is 0.766. The van der Waals surface area contributed by atoms with Crippen molar-refractivity contribution >= 4 is 22.8 Å². The van der Waals surface area contributed by atoms with Gasteiger partial charge in [-0.1, -0.05) is 30.3 Å². The van der Waals surface area contributed by atoms with E-state index in [4.69, 9.17) is 0 Å². The van der Waals surface area contributed by atoms with Crippen LogP contribution in [0.15, 0.2) is 36.5 Å². The van der Waals surface area contributed by atoms with Crippen LogP contribution in [0.1, 0.15) is 5.56 Å². The van der Waals surface area contributed by atoms with E-state index in [1.807, 2.05) is 37.4 Å². The van der Waals surface area contributed by atoms with Crippen molar-refractivity contribution in [2.45, 2.75) is 6.54 Å². The number of aliphatic hydroxyl groups is 2. The van der Waals surface area contributed by atoms with E-state index in [2.05, 4.69) is 20.4 Å². The average Bonchev–Trinajstić information content (AvgIpc) is 3.01. The fourth-order valence-corrected chi connectivity index (χ4v) is 2.62. The van der Waals surface area contributed by atoms with Crippen molar-refractivity contribution in [3.8, 4) is 0 Å². The van der Waals surface area contributed by atoms with Crippen molar-refractivity contribution in [1.29, 1.82) is 0 Å². The van der Waals surface area contributed by atoms with Gasteiger partial charge in [-0.05, 0) is 5.56 Å². The van der Waals surface area contributed by atoms with E-state index in [0.29, 0.717) is 37.0 Å². The van der Waals surface area contributed by atoms with E-state index >= 15 is 0 Å². The van der Waals surface area contributed by atoms with Crippen LogP contribution in [-0.2, 0) is 13.6 Å². The van der Waals surface area contributed by atoms with Crippen LogP contribution in [0, 0.1) is 0 Å². The molecule has 25 heavy (non-hydrogen) atoms. The highest BCUT2D eigenvalue weighted by atomic mass is 16.3. The molecule has 8 heteroatoms. The van der Waals surface area contributed by atoms with Gasteiger partial charge in [0.05, 0.1) is 24.8 Å². The van der Waals surface area contributed by atoms with Gasteiger partial charge in [-0.15, -0.1) is 0 Å². The summed E-state index contributed by atoms with van der Waals surface area (Å²) in [4.78, 5) is 10.9. The molecule has 0 amide bonds. The highest BCUT2D eigenvalue weighted by Crippen LogP contribution is 2.23. The van der Waals surface area contributed by atoms with Gasteiger partial charge in [0.1, 0.15) is 5.82 Å². The SMILES string of the molecule is Cn1ncc2c(NCc3ccccc3)nc(N(CCO)CCO)nc21. The largest absolute Gasteiger partial charge is 0.395 e. The van der Waals surface area contributed by atoms with Crippen LogP contribution in [0.4, 0.5) is 11.8 Å². The fraction of sp³-hybridized carbons (Fsp3) is 0.353. The number of anilines is 2. The Morgan fingerprint density at radius 1 is 1.08 bits per heavy atom. The first-order valence-electron chi connectivity index (χ1n) is 8.17. The van der Waals surface area contributed by atoms with E-state index in [1.54, 1.807) is 15.8 Å². The van der Waals surface area contributed by atoms with Crippen molar-refractivity contribution in [3.05, 3.63) is 42.1 Å². The maximum atomic E-state index is 9.26. The van der Waals surface area contributed by atoms with Crippen LogP contribution in [0.25, 0.3) is 11.0 Å². The topological polar surface area (TPSA) is 99.3 Å². The Bertz CT molecular complexity index is 815. The van der Waals surface area contributed by atoms with E-state index in [0.717, 1.165) is 10.9 Å². The number of nitrogens with one attached hydrogen (secondary N) is 1. The summed E-state index contributed by atoms with van der Waals surface area (Å²) in [5, 5.41) is 27.0. The van der Waals surface area contributed by atoms with Crippen molar-refractivity contribution in [2.24, 2.45) is 7.05 Å². The van der Waals surface area contributed by atoms with E-state index < -0.39 is 0 Å². The second kappa shape index (κ2) is 7.91. The molecule has 0 fully saturated rings. The maximum absolute atomic E-state index is 9.26. The van der Waals surface area contributed by atoms with Gasteiger partial charge in [0.15, 0.2) is 5.65 Å². The Labute approximate surface area is 145 Å². The maximum Gasteiger partial charge on any atom is 0.229 e.